The first-order chi connectivity index (χ1) is 10.5. The number of rotatable bonds is 0. The van der Waals surface area contributed by atoms with Crippen molar-refractivity contribution in [3.05, 3.63) is 11.1 Å². The minimum Gasteiger partial charge on any atom is -0.377 e. The molecule has 0 aliphatic heterocycles. The Balaban J connectivity index is 1.67. The standard InChI is InChI=1S/C20H26O2/c1-3-20(22)11-9-18-17-6-4-13-12-14(21)5-7-15(13)16(17)8-10-19(18,20)2/h1,16-18,22H,4-12H2,2H3/t16?,17?,18?,19?,20-/m0/s1. The fourth-order valence-corrected chi connectivity index (χ4v) is 6.30. The highest BCUT2D eigenvalue weighted by Crippen LogP contribution is 2.64. The maximum Gasteiger partial charge on any atom is 0.137 e. The van der Waals surface area contributed by atoms with Crippen molar-refractivity contribution in [2.24, 2.45) is 23.2 Å². The quantitative estimate of drug-likeness (QED) is 0.547. The van der Waals surface area contributed by atoms with Gasteiger partial charge in [-0.25, -0.2) is 0 Å². The summed E-state index contributed by atoms with van der Waals surface area (Å²) in [6.45, 7) is 2.23. The molecule has 22 heavy (non-hydrogen) atoms. The number of terminal acetylenes is 1. The van der Waals surface area contributed by atoms with Crippen LogP contribution < -0.4 is 0 Å². The number of aliphatic hydroxyl groups is 1. The van der Waals surface area contributed by atoms with E-state index in [-0.39, 0.29) is 5.41 Å². The molecule has 2 fully saturated rings. The van der Waals surface area contributed by atoms with Gasteiger partial charge in [-0.1, -0.05) is 24.0 Å². The van der Waals surface area contributed by atoms with Gasteiger partial charge in [0.25, 0.3) is 0 Å². The summed E-state index contributed by atoms with van der Waals surface area (Å²) >= 11 is 0. The van der Waals surface area contributed by atoms with Crippen molar-refractivity contribution in [1.29, 1.82) is 0 Å². The van der Waals surface area contributed by atoms with Crippen LogP contribution in [0.2, 0.25) is 0 Å². The molecule has 0 heterocycles. The first-order valence-corrected chi connectivity index (χ1v) is 8.91. The molecule has 4 aliphatic rings. The maximum atomic E-state index is 11.7. The van der Waals surface area contributed by atoms with E-state index in [0.717, 1.165) is 51.4 Å². The third kappa shape index (κ3) is 1.75. The second-order valence-corrected chi connectivity index (χ2v) is 8.26. The molecule has 4 aliphatic carbocycles. The zero-order valence-corrected chi connectivity index (χ0v) is 13.5. The first-order valence-electron chi connectivity index (χ1n) is 8.91. The van der Waals surface area contributed by atoms with E-state index in [4.69, 9.17) is 6.42 Å². The van der Waals surface area contributed by atoms with Gasteiger partial charge in [-0.3, -0.25) is 4.79 Å². The summed E-state index contributed by atoms with van der Waals surface area (Å²) in [6.07, 6.45) is 14.5. The summed E-state index contributed by atoms with van der Waals surface area (Å²) in [6, 6.07) is 0. The first kappa shape index (κ1) is 14.5. The van der Waals surface area contributed by atoms with Crippen LogP contribution in [-0.2, 0) is 4.79 Å². The Bertz CT molecular complexity index is 595. The minimum atomic E-state index is -0.903. The highest BCUT2D eigenvalue weighted by molar-refractivity contribution is 5.82. The van der Waals surface area contributed by atoms with Crippen molar-refractivity contribution in [3.63, 3.8) is 0 Å². The van der Waals surface area contributed by atoms with Gasteiger partial charge in [0.1, 0.15) is 11.4 Å². The summed E-state index contributed by atoms with van der Waals surface area (Å²) in [7, 11) is 0. The molecule has 4 rings (SSSR count). The van der Waals surface area contributed by atoms with E-state index < -0.39 is 5.60 Å². The van der Waals surface area contributed by atoms with Gasteiger partial charge >= 0.3 is 0 Å². The molecule has 0 saturated heterocycles. The molecule has 2 saturated carbocycles. The Labute approximate surface area is 133 Å². The van der Waals surface area contributed by atoms with Crippen LogP contribution in [0, 0.1) is 35.5 Å². The van der Waals surface area contributed by atoms with Gasteiger partial charge in [-0.2, -0.15) is 0 Å². The molecule has 0 spiro atoms. The molecule has 4 unspecified atom stereocenters. The molecule has 0 aromatic rings. The van der Waals surface area contributed by atoms with Crippen molar-refractivity contribution >= 4 is 5.78 Å². The number of carbonyl (C=O) groups is 1. The van der Waals surface area contributed by atoms with Gasteiger partial charge in [-0.05, 0) is 62.7 Å². The fourth-order valence-electron chi connectivity index (χ4n) is 6.30. The van der Waals surface area contributed by atoms with Crippen molar-refractivity contribution in [1.82, 2.24) is 0 Å². The molecular weight excluding hydrogens is 272 g/mol. The van der Waals surface area contributed by atoms with E-state index >= 15 is 0 Å². The van der Waals surface area contributed by atoms with Gasteiger partial charge in [-0.15, -0.1) is 6.42 Å². The molecule has 2 heteroatoms. The van der Waals surface area contributed by atoms with Crippen LogP contribution >= 0.6 is 0 Å². The molecule has 0 amide bonds. The van der Waals surface area contributed by atoms with Crippen LogP contribution in [0.1, 0.15) is 64.7 Å². The van der Waals surface area contributed by atoms with Gasteiger partial charge in [0.15, 0.2) is 0 Å². The van der Waals surface area contributed by atoms with Crippen LogP contribution in [0.4, 0.5) is 0 Å². The molecule has 0 aromatic carbocycles. The van der Waals surface area contributed by atoms with Crippen LogP contribution in [0.25, 0.3) is 0 Å². The third-order valence-electron chi connectivity index (χ3n) is 7.59. The SMILES string of the molecule is C#C[C@]1(O)CCC2C3CCC4=C(CCC(=O)C4)C3CCC21C. The van der Waals surface area contributed by atoms with Gasteiger partial charge < -0.3 is 5.11 Å². The Morgan fingerprint density at radius 2 is 2.00 bits per heavy atom. The molecule has 5 atom stereocenters. The smallest absolute Gasteiger partial charge is 0.137 e. The van der Waals surface area contributed by atoms with Gasteiger partial charge in [0, 0.05) is 18.3 Å². The lowest BCUT2D eigenvalue weighted by Gasteiger charge is -2.53. The largest absolute Gasteiger partial charge is 0.377 e. The number of hydrogen-bond acceptors (Lipinski definition) is 2. The molecule has 1 N–H and O–H groups in total. The second-order valence-electron chi connectivity index (χ2n) is 8.26. The van der Waals surface area contributed by atoms with E-state index in [1.807, 2.05) is 0 Å². The predicted octanol–water partition coefficient (Wildman–Crippen LogP) is 3.64. The number of carbonyl (C=O) groups excluding carboxylic acids is 1. The average molecular weight is 298 g/mol. The number of hydrogen-bond donors (Lipinski definition) is 1. The highest BCUT2D eigenvalue weighted by Gasteiger charge is 2.61. The molecule has 0 radical (unpaired) electrons. The normalized spacial score (nSPS) is 47.5. The Morgan fingerprint density at radius 1 is 1.18 bits per heavy atom. The van der Waals surface area contributed by atoms with E-state index in [2.05, 4.69) is 12.8 Å². The van der Waals surface area contributed by atoms with E-state index in [1.165, 1.54) is 12.0 Å². The zero-order chi connectivity index (χ0) is 15.5. The highest BCUT2D eigenvalue weighted by atomic mass is 16.3. The summed E-state index contributed by atoms with van der Waals surface area (Å²) in [5, 5.41) is 10.9. The number of ketones is 1. The van der Waals surface area contributed by atoms with Crippen LogP contribution in [-0.4, -0.2) is 16.5 Å². The summed E-state index contributed by atoms with van der Waals surface area (Å²) in [5.74, 6) is 5.06. The van der Waals surface area contributed by atoms with Crippen LogP contribution in [0.15, 0.2) is 11.1 Å². The maximum absolute atomic E-state index is 11.7. The van der Waals surface area contributed by atoms with E-state index in [1.54, 1.807) is 5.57 Å². The summed E-state index contributed by atoms with van der Waals surface area (Å²) < 4.78 is 0. The lowest BCUT2D eigenvalue weighted by atomic mass is 9.52. The molecular formula is C20H26O2. The lowest BCUT2D eigenvalue weighted by Crippen LogP contribution is -2.50. The van der Waals surface area contributed by atoms with Crippen molar-refractivity contribution in [2.45, 2.75) is 70.3 Å². The molecule has 118 valence electrons. The number of fused-ring (bicyclic) bond motifs is 4. The van der Waals surface area contributed by atoms with Crippen molar-refractivity contribution < 1.29 is 9.90 Å². The Kier molecular flexibility index (Phi) is 3.11. The third-order valence-corrected chi connectivity index (χ3v) is 7.59. The average Bonchev–Trinajstić information content (AvgIpc) is 2.79. The minimum absolute atomic E-state index is 0.106. The van der Waals surface area contributed by atoms with Gasteiger partial charge in [0.2, 0.25) is 0 Å². The van der Waals surface area contributed by atoms with Crippen molar-refractivity contribution in [3.8, 4) is 12.3 Å². The number of allylic oxidation sites excluding steroid dienone is 2. The monoisotopic (exact) mass is 298 g/mol. The molecule has 0 aromatic heterocycles. The van der Waals surface area contributed by atoms with Crippen LogP contribution in [0.5, 0.6) is 0 Å². The van der Waals surface area contributed by atoms with Crippen molar-refractivity contribution in [2.75, 3.05) is 0 Å². The lowest BCUT2D eigenvalue weighted by molar-refractivity contribution is -0.119. The van der Waals surface area contributed by atoms with Crippen LogP contribution in [0.3, 0.4) is 0 Å². The fraction of sp³-hybridized carbons (Fsp3) is 0.750. The molecule has 2 nitrogen and oxygen atoms in total. The van der Waals surface area contributed by atoms with E-state index in [0.29, 0.717) is 23.5 Å². The zero-order valence-electron chi connectivity index (χ0n) is 13.5. The van der Waals surface area contributed by atoms with Gasteiger partial charge in [0.05, 0.1) is 0 Å². The predicted molar refractivity (Wildman–Crippen MR) is 85.9 cm³/mol. The summed E-state index contributed by atoms with van der Waals surface area (Å²) in [5.41, 5.74) is 2.08. The molecule has 0 bridgehead atoms. The summed E-state index contributed by atoms with van der Waals surface area (Å²) in [4.78, 5) is 11.7. The number of Topliss-reactive ketones (excluding diaryl/α,β-unsaturated/α-hetero) is 1. The van der Waals surface area contributed by atoms with E-state index in [9.17, 15) is 9.90 Å². The Hall–Kier alpha value is -1.07. The topological polar surface area (TPSA) is 37.3 Å². The second kappa shape index (κ2) is 4.71. The Morgan fingerprint density at radius 3 is 2.77 bits per heavy atom.